The van der Waals surface area contributed by atoms with Gasteiger partial charge in [-0.25, -0.2) is 0 Å². The van der Waals surface area contributed by atoms with Gasteiger partial charge in [0, 0.05) is 10.9 Å². The molecule has 6 nitrogen and oxygen atoms in total. The molecular weight excluding hydrogens is 450 g/mol. The monoisotopic (exact) mass is 475 g/mol. The summed E-state index contributed by atoms with van der Waals surface area (Å²) in [5, 5.41) is 16.7. The number of ether oxygens (including phenoxy) is 1. The summed E-state index contributed by atoms with van der Waals surface area (Å²) < 4.78 is 6.62. The lowest BCUT2D eigenvalue weighted by Crippen LogP contribution is -2.51. The van der Waals surface area contributed by atoms with Crippen LogP contribution in [-0.2, 0) is 4.74 Å². The molecule has 3 aromatic carbocycles. The molecule has 6 rings (SSSR count). The lowest BCUT2D eigenvalue weighted by molar-refractivity contribution is -0.518. The van der Waals surface area contributed by atoms with Crippen LogP contribution in [0.5, 0.6) is 0 Å². The SMILES string of the molecule is CC1C=CC=C2OCC(NC(=O)c3cc4cccc(-c5ccc(-c6ccccc6)cc5)c4[nH]3)[N+]([O-])=C21. The number of hydroxylamine groups is 1. The second kappa shape index (κ2) is 8.89. The van der Waals surface area contributed by atoms with Crippen molar-refractivity contribution in [2.75, 3.05) is 6.61 Å². The summed E-state index contributed by atoms with van der Waals surface area (Å²) in [5.74, 6) is 0.142. The van der Waals surface area contributed by atoms with Gasteiger partial charge in [0.2, 0.25) is 5.71 Å². The molecule has 36 heavy (non-hydrogen) atoms. The Bertz CT molecular complexity index is 1550. The van der Waals surface area contributed by atoms with E-state index >= 15 is 0 Å². The van der Waals surface area contributed by atoms with Crippen LogP contribution >= 0.6 is 0 Å². The number of benzene rings is 3. The van der Waals surface area contributed by atoms with E-state index in [9.17, 15) is 10.0 Å². The third-order valence-corrected chi connectivity index (χ3v) is 6.75. The van der Waals surface area contributed by atoms with E-state index in [0.29, 0.717) is 17.2 Å². The van der Waals surface area contributed by atoms with E-state index in [-0.39, 0.29) is 18.4 Å². The summed E-state index contributed by atoms with van der Waals surface area (Å²) in [6.07, 6.45) is 4.80. The number of amides is 1. The van der Waals surface area contributed by atoms with Crippen molar-refractivity contribution < 1.29 is 14.3 Å². The Balaban J connectivity index is 1.27. The first-order valence-electron chi connectivity index (χ1n) is 12.0. The Morgan fingerprint density at radius 2 is 1.75 bits per heavy atom. The highest BCUT2D eigenvalue weighted by Gasteiger charge is 2.36. The summed E-state index contributed by atoms with van der Waals surface area (Å²) in [7, 11) is 0. The maximum absolute atomic E-state index is 13.1. The first-order valence-corrected chi connectivity index (χ1v) is 12.0. The molecule has 2 aliphatic rings. The van der Waals surface area contributed by atoms with Gasteiger partial charge in [0.1, 0.15) is 5.69 Å². The number of fused-ring (bicyclic) bond motifs is 2. The van der Waals surface area contributed by atoms with Gasteiger partial charge in [-0.3, -0.25) is 10.1 Å². The van der Waals surface area contributed by atoms with Crippen LogP contribution < -0.4 is 5.32 Å². The highest BCUT2D eigenvalue weighted by Crippen LogP contribution is 2.31. The van der Waals surface area contributed by atoms with Crippen molar-refractivity contribution in [3.05, 3.63) is 114 Å². The van der Waals surface area contributed by atoms with E-state index in [4.69, 9.17) is 4.74 Å². The Morgan fingerprint density at radius 3 is 2.56 bits per heavy atom. The molecule has 178 valence electrons. The number of carbonyl (C=O) groups excluding carboxylic acids is 1. The molecule has 1 aliphatic carbocycles. The van der Waals surface area contributed by atoms with E-state index in [2.05, 4.69) is 46.7 Å². The molecule has 6 heteroatoms. The van der Waals surface area contributed by atoms with Crippen LogP contribution in [0.15, 0.2) is 103 Å². The maximum Gasteiger partial charge on any atom is 0.273 e. The standard InChI is InChI=1S/C30H25N3O3/c1-19-7-5-12-26-29(19)33(35)27(18-36-26)32-30(34)25-17-23-10-6-11-24(28(23)31-25)22-15-13-21(14-16-22)20-8-3-2-4-9-20/h2-17,19,27,31H,18H2,1H3,(H,32,34). The lowest BCUT2D eigenvalue weighted by Gasteiger charge is -2.29. The quantitative estimate of drug-likeness (QED) is 0.297. The number of nitrogens with one attached hydrogen (secondary N) is 2. The minimum Gasteiger partial charge on any atom is -0.622 e. The lowest BCUT2D eigenvalue weighted by atomic mass is 9.98. The van der Waals surface area contributed by atoms with Gasteiger partial charge in [-0.2, -0.15) is 4.74 Å². The van der Waals surface area contributed by atoms with E-state index in [1.54, 1.807) is 6.08 Å². The van der Waals surface area contributed by atoms with Crippen LogP contribution in [0.2, 0.25) is 0 Å². The molecule has 0 spiro atoms. The summed E-state index contributed by atoms with van der Waals surface area (Å²) in [6.45, 7) is 2.02. The van der Waals surface area contributed by atoms with Gasteiger partial charge in [-0.05, 0) is 35.8 Å². The number of aromatic amines is 1. The van der Waals surface area contributed by atoms with Crippen LogP contribution in [0.1, 0.15) is 17.4 Å². The Hall–Kier alpha value is -4.58. The number of carbonyl (C=O) groups is 1. The molecule has 2 atom stereocenters. The van der Waals surface area contributed by atoms with Crippen molar-refractivity contribution in [1.82, 2.24) is 10.3 Å². The van der Waals surface area contributed by atoms with Crippen molar-refractivity contribution in [2.45, 2.75) is 13.1 Å². The van der Waals surface area contributed by atoms with E-state index in [1.165, 1.54) is 5.56 Å². The number of rotatable bonds is 4. The van der Waals surface area contributed by atoms with Gasteiger partial charge in [-0.1, -0.05) is 84.9 Å². The van der Waals surface area contributed by atoms with Crippen LogP contribution in [0.4, 0.5) is 0 Å². The Labute approximate surface area is 208 Å². The summed E-state index contributed by atoms with van der Waals surface area (Å²) in [4.78, 5) is 16.4. The normalized spacial score (nSPS) is 19.0. The van der Waals surface area contributed by atoms with Crippen LogP contribution in [0.3, 0.4) is 0 Å². The van der Waals surface area contributed by atoms with Crippen molar-refractivity contribution >= 4 is 22.5 Å². The minimum absolute atomic E-state index is 0.0777. The number of hydrogen-bond donors (Lipinski definition) is 2. The minimum atomic E-state index is -0.796. The molecule has 2 N–H and O–H groups in total. The van der Waals surface area contributed by atoms with Gasteiger partial charge in [0.25, 0.3) is 12.1 Å². The largest absolute Gasteiger partial charge is 0.622 e. The highest BCUT2D eigenvalue weighted by atomic mass is 16.5. The molecule has 0 radical (unpaired) electrons. The van der Waals surface area contributed by atoms with Crippen LogP contribution in [0, 0.1) is 11.1 Å². The zero-order chi connectivity index (χ0) is 24.6. The average molecular weight is 476 g/mol. The second-order valence-electron chi connectivity index (χ2n) is 9.11. The molecule has 4 aromatic rings. The predicted octanol–water partition coefficient (Wildman–Crippen LogP) is 5.63. The number of para-hydroxylation sites is 1. The van der Waals surface area contributed by atoms with Crippen molar-refractivity contribution in [3.8, 4) is 22.3 Å². The average Bonchev–Trinajstić information content (AvgIpc) is 3.36. The molecule has 0 fully saturated rings. The van der Waals surface area contributed by atoms with E-state index < -0.39 is 6.17 Å². The maximum atomic E-state index is 13.1. The fourth-order valence-corrected chi connectivity index (χ4v) is 4.87. The zero-order valence-electron chi connectivity index (χ0n) is 19.8. The van der Waals surface area contributed by atoms with E-state index in [1.807, 2.05) is 61.5 Å². The molecule has 0 saturated heterocycles. The summed E-state index contributed by atoms with van der Waals surface area (Å²) in [6, 6.07) is 26.4. The fourth-order valence-electron chi connectivity index (χ4n) is 4.87. The van der Waals surface area contributed by atoms with Gasteiger partial charge in [0.15, 0.2) is 12.4 Å². The van der Waals surface area contributed by atoms with Crippen LogP contribution in [0.25, 0.3) is 33.2 Å². The number of H-pyrrole nitrogens is 1. The number of allylic oxidation sites excluding steroid dienone is 4. The molecule has 1 amide bonds. The number of nitrogens with zero attached hydrogens (tertiary/aromatic N) is 1. The van der Waals surface area contributed by atoms with Crippen molar-refractivity contribution in [2.24, 2.45) is 5.92 Å². The number of hydrogen-bond acceptors (Lipinski definition) is 3. The Kier molecular flexibility index (Phi) is 5.41. The zero-order valence-corrected chi connectivity index (χ0v) is 19.8. The predicted molar refractivity (Wildman–Crippen MR) is 141 cm³/mol. The topological polar surface area (TPSA) is 80.2 Å². The van der Waals surface area contributed by atoms with Gasteiger partial charge < -0.3 is 14.9 Å². The van der Waals surface area contributed by atoms with Crippen LogP contribution in [-0.4, -0.2) is 34.1 Å². The first-order chi connectivity index (χ1) is 17.6. The molecule has 0 bridgehead atoms. The first kappa shape index (κ1) is 21.9. The number of aromatic nitrogens is 1. The molecule has 1 aromatic heterocycles. The highest BCUT2D eigenvalue weighted by molar-refractivity contribution is 6.03. The fraction of sp³-hybridized carbons (Fsp3) is 0.133. The van der Waals surface area contributed by atoms with Crippen molar-refractivity contribution in [1.29, 1.82) is 0 Å². The third-order valence-electron chi connectivity index (χ3n) is 6.75. The third kappa shape index (κ3) is 3.86. The van der Waals surface area contributed by atoms with Gasteiger partial charge in [-0.15, -0.1) is 0 Å². The van der Waals surface area contributed by atoms with Crippen molar-refractivity contribution in [3.63, 3.8) is 0 Å². The molecular formula is C30H25N3O3. The second-order valence-corrected chi connectivity index (χ2v) is 9.11. The smallest absolute Gasteiger partial charge is 0.273 e. The van der Waals surface area contributed by atoms with Gasteiger partial charge in [0.05, 0.1) is 11.4 Å². The molecule has 1 aliphatic heterocycles. The molecule has 0 saturated carbocycles. The Morgan fingerprint density at radius 1 is 1.00 bits per heavy atom. The molecule has 2 heterocycles. The van der Waals surface area contributed by atoms with E-state index in [0.717, 1.165) is 32.3 Å². The molecule has 2 unspecified atom stereocenters. The van der Waals surface area contributed by atoms with Gasteiger partial charge >= 0.3 is 0 Å². The summed E-state index contributed by atoms with van der Waals surface area (Å²) in [5.41, 5.74) is 6.18. The summed E-state index contributed by atoms with van der Waals surface area (Å²) >= 11 is 0.